The Morgan fingerprint density at radius 2 is 2.43 bits per heavy atom. The first-order valence-corrected chi connectivity index (χ1v) is 4.48. The summed E-state index contributed by atoms with van der Waals surface area (Å²) in [4.78, 5) is 11.3. The van der Waals surface area contributed by atoms with Crippen LogP contribution in [0, 0.1) is 0 Å². The molecule has 0 spiro atoms. The minimum absolute atomic E-state index is 0.0900. The van der Waals surface area contributed by atoms with Crippen LogP contribution in [-0.2, 0) is 11.3 Å². The van der Waals surface area contributed by atoms with Gasteiger partial charge in [-0.25, -0.2) is 0 Å². The van der Waals surface area contributed by atoms with Gasteiger partial charge < -0.3 is 11.1 Å². The summed E-state index contributed by atoms with van der Waals surface area (Å²) in [5, 5.41) is 10.0. The Kier molecular flexibility index (Phi) is 3.99. The van der Waals surface area contributed by atoms with Gasteiger partial charge in [0.25, 0.3) is 0 Å². The second-order valence-corrected chi connectivity index (χ2v) is 3.18. The van der Waals surface area contributed by atoms with Crippen LogP contribution in [0.3, 0.4) is 0 Å². The van der Waals surface area contributed by atoms with Gasteiger partial charge in [0.05, 0.1) is 24.2 Å². The lowest BCUT2D eigenvalue weighted by Gasteiger charge is -2.03. The van der Waals surface area contributed by atoms with Crippen LogP contribution in [0.2, 0.25) is 0 Å². The third-order valence-electron chi connectivity index (χ3n) is 1.47. The maximum Gasteiger partial charge on any atom is 0.226 e. The van der Waals surface area contributed by atoms with Crippen molar-refractivity contribution in [1.29, 1.82) is 0 Å². The highest BCUT2D eigenvalue weighted by Crippen LogP contribution is 1.82. The van der Waals surface area contributed by atoms with Crippen LogP contribution in [0.1, 0.15) is 6.42 Å². The van der Waals surface area contributed by atoms with E-state index >= 15 is 0 Å². The number of nitrogens with two attached hydrogens (primary N) is 1. The van der Waals surface area contributed by atoms with E-state index in [1.165, 1.54) is 0 Å². The van der Waals surface area contributed by atoms with Crippen LogP contribution < -0.4 is 11.1 Å². The number of rotatable bonds is 5. The van der Waals surface area contributed by atoms with Gasteiger partial charge in [0.15, 0.2) is 0 Å². The number of nitrogens with zero attached hydrogens (tertiary/aromatic N) is 3. The summed E-state index contributed by atoms with van der Waals surface area (Å²) >= 11 is 4.59. The zero-order valence-corrected chi connectivity index (χ0v) is 8.33. The van der Waals surface area contributed by atoms with E-state index in [9.17, 15) is 4.79 Å². The smallest absolute Gasteiger partial charge is 0.226 e. The highest BCUT2D eigenvalue weighted by molar-refractivity contribution is 7.80. The van der Waals surface area contributed by atoms with Crippen molar-refractivity contribution >= 4 is 23.1 Å². The molecule has 0 aromatic carbocycles. The Bertz CT molecular complexity index is 310. The summed E-state index contributed by atoms with van der Waals surface area (Å²) in [7, 11) is 0. The van der Waals surface area contributed by atoms with E-state index in [2.05, 4.69) is 27.8 Å². The average molecular weight is 213 g/mol. The van der Waals surface area contributed by atoms with Gasteiger partial charge in [-0.2, -0.15) is 0 Å². The SMILES string of the molecule is NC(=S)CC(=O)NCCn1ccnn1. The molecular weight excluding hydrogens is 202 g/mol. The molecule has 1 aromatic rings. The first-order chi connectivity index (χ1) is 6.68. The van der Waals surface area contributed by atoms with Crippen molar-refractivity contribution in [3.05, 3.63) is 12.4 Å². The lowest BCUT2D eigenvalue weighted by atomic mass is 10.4. The van der Waals surface area contributed by atoms with Crippen molar-refractivity contribution in [3.63, 3.8) is 0 Å². The first kappa shape index (κ1) is 10.6. The molecule has 0 atom stereocenters. The Labute approximate surface area is 86.5 Å². The number of carbonyl (C=O) groups excluding carboxylic acids is 1. The van der Waals surface area contributed by atoms with Crippen LogP contribution >= 0.6 is 12.2 Å². The van der Waals surface area contributed by atoms with Crippen molar-refractivity contribution in [2.45, 2.75) is 13.0 Å². The van der Waals surface area contributed by atoms with Gasteiger partial charge in [0, 0.05) is 12.7 Å². The Morgan fingerprint density at radius 1 is 1.64 bits per heavy atom. The first-order valence-electron chi connectivity index (χ1n) is 4.07. The van der Waals surface area contributed by atoms with E-state index in [1.807, 2.05) is 0 Å². The molecule has 0 aliphatic rings. The van der Waals surface area contributed by atoms with Gasteiger partial charge in [-0.05, 0) is 0 Å². The zero-order valence-electron chi connectivity index (χ0n) is 7.51. The predicted molar refractivity (Wildman–Crippen MR) is 54.4 cm³/mol. The summed E-state index contributed by atoms with van der Waals surface area (Å²) in [5.74, 6) is -0.169. The van der Waals surface area contributed by atoms with Gasteiger partial charge in [-0.1, -0.05) is 17.4 Å². The Balaban J connectivity index is 2.15. The van der Waals surface area contributed by atoms with Crippen molar-refractivity contribution in [2.75, 3.05) is 6.54 Å². The van der Waals surface area contributed by atoms with Crippen molar-refractivity contribution in [2.24, 2.45) is 5.73 Å². The number of nitrogens with one attached hydrogen (secondary N) is 1. The van der Waals surface area contributed by atoms with E-state index in [-0.39, 0.29) is 17.3 Å². The molecule has 0 saturated heterocycles. The number of carbonyl (C=O) groups is 1. The summed E-state index contributed by atoms with van der Waals surface area (Å²) in [6, 6.07) is 0. The largest absolute Gasteiger partial charge is 0.393 e. The second-order valence-electron chi connectivity index (χ2n) is 2.66. The summed E-state index contributed by atoms with van der Waals surface area (Å²) in [6.45, 7) is 1.08. The van der Waals surface area contributed by atoms with Crippen LogP contribution in [0.5, 0.6) is 0 Å². The second kappa shape index (κ2) is 5.28. The van der Waals surface area contributed by atoms with Gasteiger partial charge in [0.1, 0.15) is 0 Å². The number of hydrogen-bond donors (Lipinski definition) is 2. The van der Waals surface area contributed by atoms with E-state index < -0.39 is 0 Å². The maximum absolute atomic E-state index is 11.1. The summed E-state index contributed by atoms with van der Waals surface area (Å²) in [5.41, 5.74) is 5.20. The molecule has 0 saturated carbocycles. The Hall–Kier alpha value is -1.50. The van der Waals surface area contributed by atoms with Gasteiger partial charge in [-0.15, -0.1) is 5.10 Å². The molecule has 3 N–H and O–H groups in total. The minimum Gasteiger partial charge on any atom is -0.393 e. The van der Waals surface area contributed by atoms with Crippen LogP contribution in [0.15, 0.2) is 12.4 Å². The summed E-state index contributed by atoms with van der Waals surface area (Å²) in [6.07, 6.45) is 3.39. The fraction of sp³-hybridized carbons (Fsp3) is 0.429. The van der Waals surface area contributed by atoms with E-state index in [0.717, 1.165) is 0 Å². The number of aromatic nitrogens is 3. The van der Waals surface area contributed by atoms with E-state index in [4.69, 9.17) is 5.73 Å². The summed E-state index contributed by atoms with van der Waals surface area (Å²) < 4.78 is 1.63. The molecule has 0 aliphatic carbocycles. The molecule has 1 amide bonds. The van der Waals surface area contributed by atoms with Crippen molar-refractivity contribution in [1.82, 2.24) is 20.3 Å². The topological polar surface area (TPSA) is 85.8 Å². The molecule has 0 aliphatic heterocycles. The van der Waals surface area contributed by atoms with Gasteiger partial charge >= 0.3 is 0 Å². The highest BCUT2D eigenvalue weighted by atomic mass is 32.1. The minimum atomic E-state index is -0.169. The van der Waals surface area contributed by atoms with Crippen LogP contribution in [0.4, 0.5) is 0 Å². The standard InChI is InChI=1S/C7H11N5OS/c8-6(14)5-7(13)9-1-3-12-4-2-10-11-12/h2,4H,1,3,5H2,(H2,8,14)(H,9,13). The molecule has 76 valence electrons. The van der Waals surface area contributed by atoms with Crippen LogP contribution in [-0.4, -0.2) is 32.4 Å². The molecule has 1 heterocycles. The van der Waals surface area contributed by atoms with Gasteiger partial charge in [0.2, 0.25) is 5.91 Å². The number of amides is 1. The molecule has 0 unspecified atom stereocenters. The molecule has 14 heavy (non-hydrogen) atoms. The lowest BCUT2D eigenvalue weighted by molar-refractivity contribution is -0.119. The molecular formula is C7H11N5OS. The highest BCUT2D eigenvalue weighted by Gasteiger charge is 2.01. The Morgan fingerprint density at radius 3 is 3.00 bits per heavy atom. The number of hydrogen-bond acceptors (Lipinski definition) is 4. The van der Waals surface area contributed by atoms with Crippen LogP contribution in [0.25, 0.3) is 0 Å². The fourth-order valence-electron chi connectivity index (χ4n) is 0.883. The molecule has 0 bridgehead atoms. The number of thiocarbonyl (C=S) groups is 1. The van der Waals surface area contributed by atoms with Gasteiger partial charge in [-0.3, -0.25) is 9.48 Å². The average Bonchev–Trinajstić information content (AvgIpc) is 2.55. The fourth-order valence-corrected chi connectivity index (χ4v) is 1.01. The quantitative estimate of drug-likeness (QED) is 0.617. The molecule has 0 fully saturated rings. The zero-order chi connectivity index (χ0) is 10.4. The van der Waals surface area contributed by atoms with E-state index in [1.54, 1.807) is 17.1 Å². The molecule has 1 aromatic heterocycles. The van der Waals surface area contributed by atoms with Crippen molar-refractivity contribution < 1.29 is 4.79 Å². The monoisotopic (exact) mass is 213 g/mol. The molecule has 1 rings (SSSR count). The molecule has 7 heteroatoms. The third kappa shape index (κ3) is 3.94. The molecule has 6 nitrogen and oxygen atoms in total. The maximum atomic E-state index is 11.1. The normalized spacial score (nSPS) is 9.71. The third-order valence-corrected chi connectivity index (χ3v) is 1.61. The predicted octanol–water partition coefficient (Wildman–Crippen LogP) is -0.929. The van der Waals surface area contributed by atoms with E-state index in [0.29, 0.717) is 13.1 Å². The molecule has 0 radical (unpaired) electrons. The van der Waals surface area contributed by atoms with Crippen molar-refractivity contribution in [3.8, 4) is 0 Å². The lowest BCUT2D eigenvalue weighted by Crippen LogP contribution is -2.30.